The molecule has 0 unspecified atom stereocenters. The Morgan fingerprint density at radius 3 is 1.16 bits per heavy atom. The maximum absolute atomic E-state index is 4.31. The van der Waals surface area contributed by atoms with Crippen molar-refractivity contribution in [3.63, 3.8) is 0 Å². The van der Waals surface area contributed by atoms with Crippen LogP contribution in [0.25, 0.3) is 0 Å². The van der Waals surface area contributed by atoms with E-state index in [1.807, 2.05) is 0 Å². The third-order valence-corrected chi connectivity index (χ3v) is 7.33. The normalized spacial score (nSPS) is 20.8. The Morgan fingerprint density at radius 1 is 0.613 bits per heavy atom. The maximum atomic E-state index is 4.31. The predicted octanol–water partition coefficient (Wildman–Crippen LogP) is 3.75. The zero-order chi connectivity index (χ0) is 21.3. The Labute approximate surface area is 219 Å². The molecule has 0 spiro atoms. The van der Waals surface area contributed by atoms with Crippen molar-refractivity contribution < 1.29 is 26.2 Å². The number of hydrogen-bond acceptors (Lipinski definition) is 0. The van der Waals surface area contributed by atoms with Gasteiger partial charge in [0.2, 0.25) is 0 Å². The van der Waals surface area contributed by atoms with Crippen molar-refractivity contribution in [1.82, 2.24) is 0 Å². The fourth-order valence-electron chi connectivity index (χ4n) is 4.30. The predicted molar refractivity (Wildman–Crippen MR) is 145 cm³/mol. The smallest absolute Gasteiger partial charge is 0.184 e. The van der Waals surface area contributed by atoms with Crippen LogP contribution in [0.4, 0.5) is 0 Å². The van der Waals surface area contributed by atoms with E-state index in [1.54, 1.807) is 0 Å². The molecule has 2 aromatic carbocycles. The minimum atomic E-state index is 0. The van der Waals surface area contributed by atoms with E-state index in [9.17, 15) is 0 Å². The van der Waals surface area contributed by atoms with E-state index in [0.29, 0.717) is 0 Å². The van der Waals surface area contributed by atoms with E-state index in [2.05, 4.69) is 120 Å². The first kappa shape index (κ1) is 26.9. The molecule has 2 fully saturated rings. The van der Waals surface area contributed by atoms with Crippen molar-refractivity contribution in [2.24, 2.45) is 0 Å². The van der Waals surface area contributed by atoms with Crippen molar-refractivity contribution in [2.45, 2.75) is 37.5 Å². The van der Waals surface area contributed by atoms with Crippen molar-refractivity contribution >= 4 is 59.3 Å². The van der Waals surface area contributed by atoms with Gasteiger partial charge in [-0.1, -0.05) is 60.7 Å². The number of thiol groups is 2. The number of nitrogens with zero attached hydrogens (tertiary/aromatic N) is 2. The zero-order valence-electron chi connectivity index (χ0n) is 17.7. The van der Waals surface area contributed by atoms with Gasteiger partial charge in [0.05, 0.1) is 25.3 Å². The van der Waals surface area contributed by atoms with Crippen molar-refractivity contribution in [3.8, 4) is 0 Å². The summed E-state index contributed by atoms with van der Waals surface area (Å²) in [6.45, 7) is 4.40. The van der Waals surface area contributed by atoms with Gasteiger partial charge in [0.1, 0.15) is 26.2 Å². The molecule has 0 amide bonds. The second-order valence-corrected chi connectivity index (χ2v) is 10.6. The van der Waals surface area contributed by atoms with Crippen LogP contribution in [0, 0.1) is 0 Å². The van der Waals surface area contributed by atoms with Crippen LogP contribution < -0.4 is 0 Å². The van der Waals surface area contributed by atoms with Gasteiger partial charge in [0.15, 0.2) is 0 Å². The second kappa shape index (κ2) is 14.1. The molecular formula is C24H34CuN2S4+6. The minimum absolute atomic E-state index is 0. The van der Waals surface area contributed by atoms with E-state index in [-0.39, 0.29) is 17.1 Å². The molecule has 31 heavy (non-hydrogen) atoms. The Hall–Kier alpha value is -0.301. The molecular weight excluding hydrogens is 508 g/mol. The molecule has 169 valence electrons. The van der Waals surface area contributed by atoms with Crippen molar-refractivity contribution in [2.75, 3.05) is 26.2 Å². The summed E-state index contributed by atoms with van der Waals surface area (Å²) in [6.07, 6.45) is 4.88. The number of benzene rings is 2. The van der Waals surface area contributed by atoms with Gasteiger partial charge in [0.25, 0.3) is 0 Å². The summed E-state index contributed by atoms with van der Waals surface area (Å²) in [5.74, 6) is 1.45. The SMILES string of the molecule is SC([SH2+])=[N+]1CCC(c2ccccc2)CC1.SC([SH2+])=[N+]1CCC(c2ccccc2)CC1.[Cu+2]. The molecule has 7 heteroatoms. The average Bonchev–Trinajstić information content (AvgIpc) is 2.81. The van der Waals surface area contributed by atoms with Gasteiger partial charge in [-0.15, -0.1) is 0 Å². The van der Waals surface area contributed by atoms with E-state index in [4.69, 9.17) is 0 Å². The van der Waals surface area contributed by atoms with E-state index in [0.717, 1.165) is 46.8 Å². The first-order valence-electron chi connectivity index (χ1n) is 10.7. The minimum Gasteiger partial charge on any atom is -0.184 e. The van der Waals surface area contributed by atoms with Crippen molar-refractivity contribution in [1.29, 1.82) is 0 Å². The Kier molecular flexibility index (Phi) is 12.2. The van der Waals surface area contributed by atoms with Gasteiger partial charge in [-0.3, -0.25) is 0 Å². The van der Waals surface area contributed by atoms with Crippen LogP contribution in [0.1, 0.15) is 48.6 Å². The molecule has 2 aromatic rings. The van der Waals surface area contributed by atoms with Crippen LogP contribution in [-0.2, 0) is 42.3 Å². The third kappa shape index (κ3) is 8.53. The first-order chi connectivity index (χ1) is 14.5. The van der Waals surface area contributed by atoms with E-state index < -0.39 is 0 Å². The van der Waals surface area contributed by atoms with E-state index in [1.165, 1.54) is 36.8 Å². The summed E-state index contributed by atoms with van der Waals surface area (Å²) < 4.78 is 6.47. The molecule has 0 atom stereocenters. The van der Waals surface area contributed by atoms with Gasteiger partial charge >= 0.3 is 25.8 Å². The second-order valence-electron chi connectivity index (χ2n) is 7.99. The van der Waals surface area contributed by atoms with Crippen LogP contribution in [0.15, 0.2) is 60.7 Å². The fraction of sp³-hybridized carbons (Fsp3) is 0.417. The third-order valence-electron chi connectivity index (χ3n) is 6.13. The molecule has 2 saturated heterocycles. The summed E-state index contributed by atoms with van der Waals surface area (Å²) in [4.78, 5) is 0. The summed E-state index contributed by atoms with van der Waals surface area (Å²) >= 11 is 15.6. The van der Waals surface area contributed by atoms with E-state index >= 15 is 0 Å². The average molecular weight is 542 g/mol. The molecule has 0 saturated carbocycles. The van der Waals surface area contributed by atoms with Gasteiger partial charge in [0, 0.05) is 25.7 Å². The summed E-state index contributed by atoms with van der Waals surface area (Å²) in [7, 11) is 0. The molecule has 2 heterocycles. The molecule has 1 radical (unpaired) electrons. The molecule has 2 aliphatic rings. The molecule has 0 bridgehead atoms. The fourth-order valence-corrected chi connectivity index (χ4v) is 5.15. The Morgan fingerprint density at radius 2 is 0.903 bits per heavy atom. The quantitative estimate of drug-likeness (QED) is 0.188. The Balaban J connectivity index is 0.000000213. The molecule has 4 rings (SSSR count). The standard InChI is InChI=1S/2C12H15NS2.Cu/c2*14-12(15)13-8-6-11(7-9-13)10-4-2-1-3-5-10;/h2*1-5,11H,6-9H2,(H,14,15);/q;;+2/p+4. The largest absolute Gasteiger partial charge is 2.00 e. The zero-order valence-corrected chi connectivity index (χ0v) is 22.4. The molecule has 2 nitrogen and oxygen atoms in total. The summed E-state index contributed by atoms with van der Waals surface area (Å²) in [5.41, 5.74) is 2.96. The molecule has 0 aromatic heterocycles. The topological polar surface area (TPSA) is 6.02 Å². The Bertz CT molecular complexity index is 770. The molecule has 2 aliphatic heterocycles. The monoisotopic (exact) mass is 541 g/mol. The number of rotatable bonds is 2. The number of piperidine rings is 2. The summed E-state index contributed by atoms with van der Waals surface area (Å²) in [5, 5.41) is 0. The summed E-state index contributed by atoms with van der Waals surface area (Å²) in [6, 6.07) is 21.6. The van der Waals surface area contributed by atoms with Crippen LogP contribution in [-0.4, -0.2) is 44.1 Å². The first-order valence-corrected chi connectivity index (χ1v) is 12.6. The molecule has 0 aliphatic carbocycles. The van der Waals surface area contributed by atoms with Gasteiger partial charge in [-0.25, -0.2) is 0 Å². The number of hydrogen-bond donors (Lipinski definition) is 2. The van der Waals surface area contributed by atoms with Crippen LogP contribution in [0.5, 0.6) is 0 Å². The van der Waals surface area contributed by atoms with Gasteiger partial charge in [-0.05, 0) is 48.2 Å². The van der Waals surface area contributed by atoms with Crippen molar-refractivity contribution in [3.05, 3.63) is 71.8 Å². The van der Waals surface area contributed by atoms with Gasteiger partial charge in [-0.2, -0.15) is 9.15 Å². The maximum Gasteiger partial charge on any atom is 2.00 e. The van der Waals surface area contributed by atoms with Crippen LogP contribution in [0.2, 0.25) is 0 Å². The molecule has 0 N–H and O–H groups in total. The van der Waals surface area contributed by atoms with Crippen LogP contribution in [0.3, 0.4) is 0 Å². The van der Waals surface area contributed by atoms with Gasteiger partial charge < -0.3 is 0 Å². The van der Waals surface area contributed by atoms with Crippen LogP contribution >= 0.6 is 25.3 Å².